The molecular weight excluding hydrogens is 220 g/mol. The number of ether oxygens (including phenoxy) is 1. The van der Waals surface area contributed by atoms with Crippen LogP contribution in [0.2, 0.25) is 0 Å². The number of hydrogen-bond donors (Lipinski definition) is 2. The molecule has 1 atom stereocenters. The van der Waals surface area contributed by atoms with Crippen LogP contribution in [0.4, 0.5) is 0 Å². The summed E-state index contributed by atoms with van der Waals surface area (Å²) in [5, 5.41) is 17.5. The number of ketones is 1. The summed E-state index contributed by atoms with van der Waals surface area (Å²) >= 11 is 0. The minimum absolute atomic E-state index is 0.000933. The van der Waals surface area contributed by atoms with Crippen molar-refractivity contribution in [1.82, 2.24) is 0 Å². The van der Waals surface area contributed by atoms with Gasteiger partial charge >= 0.3 is 0 Å². The number of aliphatic hydroxyl groups excluding tert-OH is 2. The Hall–Kier alpha value is -1.23. The van der Waals surface area contributed by atoms with Crippen LogP contribution in [-0.2, 0) is 16.0 Å². The minimum Gasteiger partial charge on any atom is -0.394 e. The van der Waals surface area contributed by atoms with Crippen molar-refractivity contribution in [3.05, 3.63) is 35.9 Å². The van der Waals surface area contributed by atoms with Crippen molar-refractivity contribution in [3.8, 4) is 0 Å². The van der Waals surface area contributed by atoms with Crippen LogP contribution in [0.5, 0.6) is 0 Å². The first kappa shape index (κ1) is 13.8. The van der Waals surface area contributed by atoms with Crippen LogP contribution in [0.15, 0.2) is 30.3 Å². The molecule has 1 aromatic rings. The fourth-order valence-electron chi connectivity index (χ4n) is 1.36. The summed E-state index contributed by atoms with van der Waals surface area (Å²) in [6, 6.07) is 9.76. The second-order valence-electron chi connectivity index (χ2n) is 3.88. The van der Waals surface area contributed by atoms with Crippen LogP contribution < -0.4 is 0 Å². The van der Waals surface area contributed by atoms with Gasteiger partial charge < -0.3 is 14.9 Å². The molecule has 0 heterocycles. The summed E-state index contributed by atoms with van der Waals surface area (Å²) in [6.07, 6.45) is 0.224. The van der Waals surface area contributed by atoms with Crippen molar-refractivity contribution in [2.24, 2.45) is 0 Å². The second-order valence-corrected chi connectivity index (χ2v) is 3.88. The Kier molecular flexibility index (Phi) is 6.47. The maximum atomic E-state index is 11.4. The molecule has 0 aliphatic carbocycles. The molecule has 2 N–H and O–H groups in total. The van der Waals surface area contributed by atoms with E-state index in [4.69, 9.17) is 14.9 Å². The largest absolute Gasteiger partial charge is 0.394 e. The molecule has 4 nitrogen and oxygen atoms in total. The molecule has 0 bridgehead atoms. The number of hydrogen-bond acceptors (Lipinski definition) is 4. The van der Waals surface area contributed by atoms with Gasteiger partial charge in [-0.05, 0) is 12.0 Å². The van der Waals surface area contributed by atoms with E-state index < -0.39 is 6.10 Å². The third-order valence-corrected chi connectivity index (χ3v) is 2.32. The molecular formula is C13H18O4. The van der Waals surface area contributed by atoms with Gasteiger partial charge in [-0.1, -0.05) is 30.3 Å². The molecule has 1 rings (SSSR count). The lowest BCUT2D eigenvalue weighted by Gasteiger charge is -2.07. The number of aliphatic hydroxyl groups is 2. The monoisotopic (exact) mass is 238 g/mol. The number of carbonyl (C=O) groups is 1. The number of rotatable bonds is 8. The van der Waals surface area contributed by atoms with E-state index in [2.05, 4.69) is 0 Å². The van der Waals surface area contributed by atoms with Crippen LogP contribution in [-0.4, -0.2) is 41.9 Å². The molecule has 0 saturated carbocycles. The molecule has 1 aromatic carbocycles. The summed E-state index contributed by atoms with van der Waals surface area (Å²) in [5.74, 6) is -0.000933. The van der Waals surface area contributed by atoms with E-state index in [1.54, 1.807) is 0 Å². The van der Waals surface area contributed by atoms with Crippen molar-refractivity contribution in [3.63, 3.8) is 0 Å². The van der Waals surface area contributed by atoms with Gasteiger partial charge in [-0.3, -0.25) is 4.79 Å². The Morgan fingerprint density at radius 1 is 1.29 bits per heavy atom. The molecule has 4 heteroatoms. The highest BCUT2D eigenvalue weighted by Gasteiger charge is 2.06. The zero-order valence-corrected chi connectivity index (χ0v) is 9.71. The average molecular weight is 238 g/mol. The Balaban J connectivity index is 2.13. The predicted molar refractivity (Wildman–Crippen MR) is 63.7 cm³/mol. The summed E-state index contributed by atoms with van der Waals surface area (Å²) in [5.41, 5.74) is 1.12. The topological polar surface area (TPSA) is 66.8 Å². The molecule has 0 spiro atoms. The van der Waals surface area contributed by atoms with Crippen LogP contribution in [0.3, 0.4) is 0 Å². The highest BCUT2D eigenvalue weighted by Crippen LogP contribution is 2.02. The molecule has 0 radical (unpaired) electrons. The summed E-state index contributed by atoms with van der Waals surface area (Å²) in [6.45, 7) is -0.365. The van der Waals surface area contributed by atoms with Gasteiger partial charge in [0.15, 0.2) is 5.78 Å². The van der Waals surface area contributed by atoms with Crippen molar-refractivity contribution >= 4 is 5.78 Å². The van der Waals surface area contributed by atoms with E-state index in [0.717, 1.165) is 5.56 Å². The SMILES string of the molecule is O=C(CCc1ccccc1)COCC(O)CO. The molecule has 0 aliphatic heterocycles. The molecule has 0 aromatic heterocycles. The van der Waals surface area contributed by atoms with Crippen molar-refractivity contribution in [2.45, 2.75) is 18.9 Å². The van der Waals surface area contributed by atoms with Crippen LogP contribution in [0.25, 0.3) is 0 Å². The van der Waals surface area contributed by atoms with Crippen molar-refractivity contribution < 1.29 is 19.7 Å². The van der Waals surface area contributed by atoms with E-state index in [1.807, 2.05) is 30.3 Å². The fourth-order valence-corrected chi connectivity index (χ4v) is 1.36. The predicted octanol–water partition coefficient (Wildman–Crippen LogP) is 0.558. The normalized spacial score (nSPS) is 12.4. The first-order chi connectivity index (χ1) is 8.22. The third-order valence-electron chi connectivity index (χ3n) is 2.32. The van der Waals surface area contributed by atoms with Gasteiger partial charge in [0, 0.05) is 6.42 Å². The zero-order chi connectivity index (χ0) is 12.5. The van der Waals surface area contributed by atoms with Crippen molar-refractivity contribution in [2.75, 3.05) is 19.8 Å². The zero-order valence-electron chi connectivity index (χ0n) is 9.71. The highest BCUT2D eigenvalue weighted by atomic mass is 16.5. The number of Topliss-reactive ketones (excluding diaryl/α,β-unsaturated/α-hetero) is 1. The maximum Gasteiger partial charge on any atom is 0.158 e. The molecule has 0 amide bonds. The fraction of sp³-hybridized carbons (Fsp3) is 0.462. The highest BCUT2D eigenvalue weighted by molar-refractivity contribution is 5.79. The number of carbonyl (C=O) groups excluding carboxylic acids is 1. The first-order valence-corrected chi connectivity index (χ1v) is 5.64. The lowest BCUT2D eigenvalue weighted by atomic mass is 10.1. The minimum atomic E-state index is -0.906. The molecule has 0 aliphatic rings. The Labute approximate surface area is 101 Å². The average Bonchev–Trinajstić information content (AvgIpc) is 2.37. The Morgan fingerprint density at radius 2 is 2.00 bits per heavy atom. The van der Waals surface area contributed by atoms with Gasteiger partial charge in [0.25, 0.3) is 0 Å². The smallest absolute Gasteiger partial charge is 0.158 e. The summed E-state index contributed by atoms with van der Waals surface area (Å²) < 4.78 is 4.98. The van der Waals surface area contributed by atoms with E-state index in [-0.39, 0.29) is 25.6 Å². The molecule has 17 heavy (non-hydrogen) atoms. The van der Waals surface area contributed by atoms with Gasteiger partial charge in [-0.15, -0.1) is 0 Å². The van der Waals surface area contributed by atoms with Crippen LogP contribution in [0, 0.1) is 0 Å². The lowest BCUT2D eigenvalue weighted by molar-refractivity contribution is -0.124. The number of benzene rings is 1. The van der Waals surface area contributed by atoms with Gasteiger partial charge in [-0.2, -0.15) is 0 Å². The maximum absolute atomic E-state index is 11.4. The van der Waals surface area contributed by atoms with Crippen LogP contribution in [0.1, 0.15) is 12.0 Å². The quantitative estimate of drug-likeness (QED) is 0.694. The van der Waals surface area contributed by atoms with Gasteiger partial charge in [-0.25, -0.2) is 0 Å². The van der Waals surface area contributed by atoms with E-state index in [9.17, 15) is 4.79 Å². The van der Waals surface area contributed by atoms with Gasteiger partial charge in [0.2, 0.25) is 0 Å². The summed E-state index contributed by atoms with van der Waals surface area (Å²) in [4.78, 5) is 11.4. The van der Waals surface area contributed by atoms with Crippen LogP contribution >= 0.6 is 0 Å². The molecule has 94 valence electrons. The van der Waals surface area contributed by atoms with E-state index in [0.29, 0.717) is 12.8 Å². The molecule has 0 fully saturated rings. The standard InChI is InChI=1S/C13H18O4/c14-8-13(16)10-17-9-12(15)7-6-11-4-2-1-3-5-11/h1-5,13-14,16H,6-10H2. The van der Waals surface area contributed by atoms with E-state index in [1.165, 1.54) is 0 Å². The molecule has 0 saturated heterocycles. The summed E-state index contributed by atoms with van der Waals surface area (Å²) in [7, 11) is 0. The third kappa shape index (κ3) is 6.16. The first-order valence-electron chi connectivity index (χ1n) is 5.64. The Bertz CT molecular complexity index is 323. The second kappa shape index (κ2) is 7.95. The van der Waals surface area contributed by atoms with E-state index >= 15 is 0 Å². The number of aryl methyl sites for hydroxylation is 1. The van der Waals surface area contributed by atoms with Gasteiger partial charge in [0.1, 0.15) is 12.7 Å². The lowest BCUT2D eigenvalue weighted by Crippen LogP contribution is -2.22. The van der Waals surface area contributed by atoms with Gasteiger partial charge in [0.05, 0.1) is 13.2 Å². The van der Waals surface area contributed by atoms with Crippen molar-refractivity contribution in [1.29, 1.82) is 0 Å². The Morgan fingerprint density at radius 3 is 2.65 bits per heavy atom. The molecule has 1 unspecified atom stereocenters.